The molecule has 174 valence electrons. The zero-order chi connectivity index (χ0) is 24.5. The highest BCUT2D eigenvalue weighted by Crippen LogP contribution is 2.56. The molecule has 4 unspecified atom stereocenters. The van der Waals surface area contributed by atoms with Crippen LogP contribution in [0.2, 0.25) is 0 Å². The van der Waals surface area contributed by atoms with E-state index in [1.54, 1.807) is 19.1 Å². The number of nitrogens with zero attached hydrogens (tertiary/aromatic N) is 1. The molecule has 0 aromatic heterocycles. The smallest absolute Gasteiger partial charge is 0.423 e. The minimum absolute atomic E-state index is 0.0545. The van der Waals surface area contributed by atoms with Crippen LogP contribution in [0.4, 0.5) is 4.79 Å². The summed E-state index contributed by atoms with van der Waals surface area (Å²) in [4.78, 5) is 65.2. The first-order valence-corrected chi connectivity index (χ1v) is 11.6. The Morgan fingerprint density at radius 3 is 2.59 bits per heavy atom. The molecule has 5 rings (SSSR count). The molecule has 1 saturated heterocycles. The van der Waals surface area contributed by atoms with Crippen molar-refractivity contribution >= 4 is 45.4 Å². The molecule has 9 heteroatoms. The molecule has 3 aliphatic carbocycles. The maximum Gasteiger partial charge on any atom is 0.423 e. The van der Waals surface area contributed by atoms with Crippen LogP contribution in [0, 0.1) is 17.8 Å². The van der Waals surface area contributed by atoms with Gasteiger partial charge in [0.15, 0.2) is 11.6 Å². The molecule has 0 radical (unpaired) electrons. The molecular weight excluding hydrogens is 506 g/mol. The molecule has 4 atom stereocenters. The van der Waals surface area contributed by atoms with Crippen LogP contribution < -0.4 is 0 Å². The largest absolute Gasteiger partial charge is 0.508 e. The van der Waals surface area contributed by atoms with E-state index < -0.39 is 41.6 Å². The lowest BCUT2D eigenvalue weighted by atomic mass is 9.59. The Balaban J connectivity index is 1.70. The highest BCUT2D eigenvalue weighted by atomic mass is 79.9. The van der Waals surface area contributed by atoms with Gasteiger partial charge in [0, 0.05) is 32.7 Å². The van der Waals surface area contributed by atoms with Crippen LogP contribution in [0.3, 0.4) is 0 Å². The predicted molar refractivity (Wildman–Crippen MR) is 121 cm³/mol. The number of hydrogen-bond acceptors (Lipinski definition) is 7. The van der Waals surface area contributed by atoms with Crippen molar-refractivity contribution in [2.75, 3.05) is 7.11 Å². The number of methoxy groups -OCH3 is 1. The second-order valence-electron chi connectivity index (χ2n) is 8.91. The van der Waals surface area contributed by atoms with Gasteiger partial charge in [-0.1, -0.05) is 27.6 Å². The van der Waals surface area contributed by atoms with E-state index in [2.05, 4.69) is 20.7 Å². The summed E-state index contributed by atoms with van der Waals surface area (Å²) < 4.78 is 5.31. The number of aromatic hydroxyl groups is 1. The number of imide groups is 3. The molecule has 1 N–H and O–H groups in total. The Morgan fingerprint density at radius 2 is 1.88 bits per heavy atom. The summed E-state index contributed by atoms with van der Waals surface area (Å²) in [5, 5.41) is 10.7. The first-order valence-electron chi connectivity index (χ1n) is 10.8. The number of phenolic OH excluding ortho intramolecular Hbond substituents is 1. The number of fused-ring (bicyclic) bond motifs is 3. The molecule has 1 aliphatic heterocycles. The van der Waals surface area contributed by atoms with Crippen LogP contribution in [-0.4, -0.2) is 46.6 Å². The lowest BCUT2D eigenvalue weighted by molar-refractivity contribution is -0.137. The first-order chi connectivity index (χ1) is 16.1. The number of rotatable bonds is 1. The predicted octanol–water partition coefficient (Wildman–Crippen LogP) is 3.35. The minimum atomic E-state index is -1.04. The molecule has 1 fully saturated rings. The molecule has 3 amide bonds. The van der Waals surface area contributed by atoms with Crippen molar-refractivity contribution in [2.45, 2.75) is 25.7 Å². The average Bonchev–Trinajstić information content (AvgIpc) is 3.07. The molecule has 34 heavy (non-hydrogen) atoms. The third-order valence-corrected chi connectivity index (χ3v) is 7.72. The maximum atomic E-state index is 13.3. The van der Waals surface area contributed by atoms with Crippen LogP contribution in [-0.2, 0) is 23.9 Å². The van der Waals surface area contributed by atoms with Gasteiger partial charge in [-0.2, -0.15) is 4.90 Å². The first kappa shape index (κ1) is 22.5. The third kappa shape index (κ3) is 3.06. The van der Waals surface area contributed by atoms with Gasteiger partial charge in [-0.05, 0) is 50.0 Å². The van der Waals surface area contributed by atoms with Crippen LogP contribution in [0.5, 0.6) is 5.75 Å². The molecule has 1 aromatic carbocycles. The van der Waals surface area contributed by atoms with Gasteiger partial charge in [0.2, 0.25) is 11.8 Å². The fourth-order valence-corrected chi connectivity index (χ4v) is 6.12. The fourth-order valence-electron chi connectivity index (χ4n) is 5.74. The van der Waals surface area contributed by atoms with Gasteiger partial charge in [0.25, 0.3) is 0 Å². The van der Waals surface area contributed by atoms with Gasteiger partial charge in [0.05, 0.1) is 18.9 Å². The standard InChI is InChI=1S/C25H20BrNO7/c1-10-7-18(29)16-9-14-12(4-5-13-20(14)24(32)27(23(13)31)25(33)34-2)19(21(16)22(10)30)15-8-11(26)3-6-17(15)28/h3-4,6-8,13-14,19-20,28H,5,9H2,1-2H3. The van der Waals surface area contributed by atoms with Crippen molar-refractivity contribution in [3.63, 3.8) is 0 Å². The number of ketones is 2. The summed E-state index contributed by atoms with van der Waals surface area (Å²) >= 11 is 3.41. The number of amides is 3. The van der Waals surface area contributed by atoms with Gasteiger partial charge in [-0.3, -0.25) is 19.2 Å². The van der Waals surface area contributed by atoms with Crippen molar-refractivity contribution < 1.29 is 33.8 Å². The number of likely N-dealkylation sites (tertiary alicyclic amines) is 1. The van der Waals surface area contributed by atoms with E-state index in [-0.39, 0.29) is 35.7 Å². The Bertz CT molecular complexity index is 1300. The molecular formula is C25H20BrNO7. The van der Waals surface area contributed by atoms with E-state index >= 15 is 0 Å². The van der Waals surface area contributed by atoms with Crippen LogP contribution in [0.1, 0.15) is 31.2 Å². The van der Waals surface area contributed by atoms with E-state index in [0.717, 1.165) is 7.11 Å². The minimum Gasteiger partial charge on any atom is -0.508 e. The van der Waals surface area contributed by atoms with E-state index in [9.17, 15) is 29.1 Å². The van der Waals surface area contributed by atoms with Gasteiger partial charge in [-0.15, -0.1) is 0 Å². The summed E-state index contributed by atoms with van der Waals surface area (Å²) in [5.74, 6) is -4.93. The van der Waals surface area contributed by atoms with Gasteiger partial charge >= 0.3 is 6.09 Å². The van der Waals surface area contributed by atoms with Crippen molar-refractivity contribution in [1.29, 1.82) is 0 Å². The molecule has 1 heterocycles. The molecule has 1 aromatic rings. The van der Waals surface area contributed by atoms with E-state index in [1.165, 1.54) is 12.1 Å². The van der Waals surface area contributed by atoms with Crippen molar-refractivity contribution in [2.24, 2.45) is 17.8 Å². The van der Waals surface area contributed by atoms with Crippen LogP contribution in [0.25, 0.3) is 0 Å². The Labute approximate surface area is 203 Å². The fraction of sp³-hybridized carbons (Fsp3) is 0.320. The second-order valence-corrected chi connectivity index (χ2v) is 9.83. The number of carbonyl (C=O) groups is 5. The highest BCUT2D eigenvalue weighted by molar-refractivity contribution is 9.10. The molecule has 0 spiro atoms. The van der Waals surface area contributed by atoms with E-state index in [0.29, 0.717) is 31.7 Å². The number of carbonyl (C=O) groups excluding carboxylic acids is 5. The number of halogens is 1. The third-order valence-electron chi connectivity index (χ3n) is 7.22. The van der Waals surface area contributed by atoms with E-state index in [4.69, 9.17) is 0 Å². The number of benzene rings is 1. The number of phenols is 1. The van der Waals surface area contributed by atoms with Crippen molar-refractivity contribution in [1.82, 2.24) is 4.90 Å². The van der Waals surface area contributed by atoms with Gasteiger partial charge < -0.3 is 9.84 Å². The normalized spacial score (nSPS) is 28.3. The van der Waals surface area contributed by atoms with Crippen LogP contribution >= 0.6 is 15.9 Å². The quantitative estimate of drug-likeness (QED) is 0.339. The zero-order valence-electron chi connectivity index (χ0n) is 18.3. The van der Waals surface area contributed by atoms with Crippen molar-refractivity contribution in [3.8, 4) is 5.75 Å². The summed E-state index contributed by atoms with van der Waals surface area (Å²) in [6, 6.07) is 4.84. The van der Waals surface area contributed by atoms with Gasteiger partial charge in [-0.25, -0.2) is 4.79 Å². The number of allylic oxidation sites excluding steroid dienone is 6. The summed E-state index contributed by atoms with van der Waals surface area (Å²) in [6.45, 7) is 1.58. The van der Waals surface area contributed by atoms with Crippen LogP contribution in [0.15, 0.2) is 57.1 Å². The lowest BCUT2D eigenvalue weighted by Gasteiger charge is -2.42. The Kier molecular flexibility index (Phi) is 5.20. The number of Topliss-reactive ketones (excluding diaryl/α,β-unsaturated/α-hetero) is 1. The van der Waals surface area contributed by atoms with Crippen molar-refractivity contribution in [3.05, 3.63) is 62.7 Å². The molecule has 0 bridgehead atoms. The molecule has 4 aliphatic rings. The summed E-state index contributed by atoms with van der Waals surface area (Å²) in [6.07, 6.45) is 2.36. The topological polar surface area (TPSA) is 118 Å². The highest BCUT2D eigenvalue weighted by Gasteiger charge is 2.58. The second kappa shape index (κ2) is 7.87. The summed E-state index contributed by atoms with van der Waals surface area (Å²) in [7, 11) is 1.10. The zero-order valence-corrected chi connectivity index (χ0v) is 19.9. The van der Waals surface area contributed by atoms with E-state index in [1.807, 2.05) is 6.08 Å². The SMILES string of the molecule is COC(=O)N1C(=O)C2CC=C3C(c4cc(Br)ccc4O)C4=C(CC3C2C1=O)C(=O)C=C(C)C4=O. The summed E-state index contributed by atoms with van der Waals surface area (Å²) in [5.41, 5.74) is 1.99. The number of hydrogen-bond donors (Lipinski definition) is 1. The number of ether oxygens (including phenoxy) is 1. The molecule has 8 nitrogen and oxygen atoms in total. The monoisotopic (exact) mass is 525 g/mol. The average molecular weight is 526 g/mol. The Morgan fingerprint density at radius 1 is 1.15 bits per heavy atom. The maximum absolute atomic E-state index is 13.3. The Hall–Kier alpha value is -3.33. The lowest BCUT2D eigenvalue weighted by Crippen LogP contribution is -2.40. The molecule has 0 saturated carbocycles. The van der Waals surface area contributed by atoms with Gasteiger partial charge in [0.1, 0.15) is 5.75 Å².